The molecule has 0 atom stereocenters. The van der Waals surface area contributed by atoms with Crippen LogP contribution in [0.3, 0.4) is 0 Å². The Morgan fingerprint density at radius 2 is 2.31 bits per heavy atom. The molecule has 3 nitrogen and oxygen atoms in total. The van der Waals surface area contributed by atoms with Gasteiger partial charge in [-0.05, 0) is 6.07 Å². The SMILES string of the molecule is COc1cc(Cl)c(F)cc1/C=N/O. The molecule has 0 aliphatic carbocycles. The number of methoxy groups -OCH3 is 1. The lowest BCUT2D eigenvalue weighted by atomic mass is 10.2. The van der Waals surface area contributed by atoms with E-state index in [2.05, 4.69) is 5.16 Å². The zero-order chi connectivity index (χ0) is 9.84. The number of ether oxygens (including phenoxy) is 1. The molecule has 0 fully saturated rings. The van der Waals surface area contributed by atoms with E-state index in [0.717, 1.165) is 12.3 Å². The maximum Gasteiger partial charge on any atom is 0.142 e. The van der Waals surface area contributed by atoms with E-state index in [1.807, 2.05) is 0 Å². The Bertz CT molecular complexity index is 341. The lowest BCUT2D eigenvalue weighted by Crippen LogP contribution is -1.92. The van der Waals surface area contributed by atoms with E-state index in [1.165, 1.54) is 13.2 Å². The van der Waals surface area contributed by atoms with Gasteiger partial charge in [0.15, 0.2) is 0 Å². The maximum absolute atomic E-state index is 12.9. The van der Waals surface area contributed by atoms with Gasteiger partial charge in [0.25, 0.3) is 0 Å². The highest BCUT2D eigenvalue weighted by Crippen LogP contribution is 2.24. The smallest absolute Gasteiger partial charge is 0.142 e. The molecular weight excluding hydrogens is 197 g/mol. The highest BCUT2D eigenvalue weighted by Gasteiger charge is 2.07. The molecule has 0 unspecified atom stereocenters. The molecule has 0 aromatic heterocycles. The summed E-state index contributed by atoms with van der Waals surface area (Å²) in [5.74, 6) is -0.235. The van der Waals surface area contributed by atoms with E-state index in [1.54, 1.807) is 0 Å². The van der Waals surface area contributed by atoms with Crippen molar-refractivity contribution in [2.75, 3.05) is 7.11 Å². The first-order chi connectivity index (χ1) is 6.19. The first kappa shape index (κ1) is 9.80. The van der Waals surface area contributed by atoms with E-state index >= 15 is 0 Å². The van der Waals surface area contributed by atoms with Gasteiger partial charge in [0, 0.05) is 11.6 Å². The van der Waals surface area contributed by atoms with Gasteiger partial charge in [-0.2, -0.15) is 0 Å². The maximum atomic E-state index is 12.9. The monoisotopic (exact) mass is 203 g/mol. The Kier molecular flexibility index (Phi) is 3.08. The Balaban J connectivity index is 3.24. The van der Waals surface area contributed by atoms with E-state index in [-0.39, 0.29) is 5.02 Å². The number of nitrogens with zero attached hydrogens (tertiary/aromatic N) is 1. The molecule has 0 aliphatic heterocycles. The van der Waals surface area contributed by atoms with Crippen molar-refractivity contribution in [2.45, 2.75) is 0 Å². The Morgan fingerprint density at radius 1 is 1.62 bits per heavy atom. The predicted octanol–water partition coefficient (Wildman–Crippen LogP) is 2.30. The summed E-state index contributed by atoms with van der Waals surface area (Å²) in [6, 6.07) is 2.44. The number of benzene rings is 1. The molecule has 0 bridgehead atoms. The topological polar surface area (TPSA) is 41.8 Å². The summed E-state index contributed by atoms with van der Waals surface area (Å²) in [5.41, 5.74) is 0.326. The number of hydrogen-bond donors (Lipinski definition) is 1. The standard InChI is InChI=1S/C8H7ClFNO2/c1-13-8-3-6(9)7(10)2-5(8)4-11-12/h2-4,12H,1H3/b11-4+. The van der Waals surface area contributed by atoms with E-state index < -0.39 is 5.82 Å². The summed E-state index contributed by atoms with van der Waals surface area (Å²) in [4.78, 5) is 0. The Labute approximate surface area is 79.4 Å². The third kappa shape index (κ3) is 2.09. The third-order valence-corrected chi connectivity index (χ3v) is 1.76. The van der Waals surface area contributed by atoms with Crippen LogP contribution in [0.2, 0.25) is 5.02 Å². The Morgan fingerprint density at radius 3 is 2.85 bits per heavy atom. The van der Waals surface area contributed by atoms with Crippen LogP contribution in [-0.4, -0.2) is 18.5 Å². The van der Waals surface area contributed by atoms with Crippen LogP contribution in [0.25, 0.3) is 0 Å². The van der Waals surface area contributed by atoms with Crippen molar-refractivity contribution in [1.29, 1.82) is 0 Å². The van der Waals surface area contributed by atoms with Gasteiger partial charge in [0.1, 0.15) is 11.6 Å². The largest absolute Gasteiger partial charge is 0.496 e. The first-order valence-electron chi connectivity index (χ1n) is 3.39. The molecule has 0 spiro atoms. The zero-order valence-corrected chi connectivity index (χ0v) is 7.55. The minimum Gasteiger partial charge on any atom is -0.496 e. The summed E-state index contributed by atoms with van der Waals surface area (Å²) in [5, 5.41) is 11.0. The number of halogens is 2. The predicted molar refractivity (Wildman–Crippen MR) is 47.3 cm³/mol. The number of rotatable bonds is 2. The van der Waals surface area contributed by atoms with Crippen LogP contribution in [0.4, 0.5) is 4.39 Å². The van der Waals surface area contributed by atoms with Crippen LogP contribution in [0, 0.1) is 5.82 Å². The molecule has 70 valence electrons. The van der Waals surface area contributed by atoms with Crippen LogP contribution in [0.15, 0.2) is 17.3 Å². The molecule has 5 heteroatoms. The van der Waals surface area contributed by atoms with Gasteiger partial charge in [0.2, 0.25) is 0 Å². The summed E-state index contributed by atoms with van der Waals surface area (Å²) in [7, 11) is 1.41. The zero-order valence-electron chi connectivity index (χ0n) is 6.79. The highest BCUT2D eigenvalue weighted by molar-refractivity contribution is 6.31. The van der Waals surface area contributed by atoms with Gasteiger partial charge in [-0.25, -0.2) is 4.39 Å². The van der Waals surface area contributed by atoms with Gasteiger partial charge in [-0.1, -0.05) is 16.8 Å². The van der Waals surface area contributed by atoms with Crippen LogP contribution >= 0.6 is 11.6 Å². The molecular formula is C8H7ClFNO2. The molecule has 0 heterocycles. The molecule has 13 heavy (non-hydrogen) atoms. The van der Waals surface area contributed by atoms with Crippen molar-refractivity contribution in [2.24, 2.45) is 5.16 Å². The van der Waals surface area contributed by atoms with Crippen LogP contribution in [-0.2, 0) is 0 Å². The summed E-state index contributed by atoms with van der Waals surface area (Å²) in [6.07, 6.45) is 1.07. The molecule has 1 rings (SSSR count). The second-order valence-corrected chi connectivity index (χ2v) is 2.66. The van der Waals surface area contributed by atoms with Crippen molar-refractivity contribution < 1.29 is 14.3 Å². The van der Waals surface area contributed by atoms with Gasteiger partial charge in [-0.3, -0.25) is 0 Å². The minimum atomic E-state index is -0.586. The van der Waals surface area contributed by atoms with Crippen molar-refractivity contribution in [3.05, 3.63) is 28.5 Å². The first-order valence-corrected chi connectivity index (χ1v) is 3.77. The van der Waals surface area contributed by atoms with Gasteiger partial charge in [-0.15, -0.1) is 0 Å². The van der Waals surface area contributed by atoms with Crippen LogP contribution < -0.4 is 4.74 Å². The Hall–Kier alpha value is -1.29. The fourth-order valence-electron chi connectivity index (χ4n) is 0.884. The normalized spacial score (nSPS) is 10.7. The summed E-state index contributed by atoms with van der Waals surface area (Å²) in [6.45, 7) is 0. The average molecular weight is 204 g/mol. The molecule has 1 N–H and O–H groups in total. The van der Waals surface area contributed by atoms with Crippen LogP contribution in [0.1, 0.15) is 5.56 Å². The van der Waals surface area contributed by atoms with E-state index in [0.29, 0.717) is 11.3 Å². The van der Waals surface area contributed by atoms with Crippen LogP contribution in [0.5, 0.6) is 5.75 Å². The second-order valence-electron chi connectivity index (χ2n) is 2.25. The summed E-state index contributed by atoms with van der Waals surface area (Å²) < 4.78 is 17.8. The van der Waals surface area contributed by atoms with E-state index in [9.17, 15) is 4.39 Å². The molecule has 0 radical (unpaired) electrons. The van der Waals surface area contributed by atoms with E-state index in [4.69, 9.17) is 21.5 Å². The lowest BCUT2D eigenvalue weighted by Gasteiger charge is -2.04. The molecule has 1 aromatic carbocycles. The summed E-state index contributed by atoms with van der Waals surface area (Å²) >= 11 is 5.50. The van der Waals surface area contributed by atoms with Gasteiger partial charge in [0.05, 0.1) is 18.3 Å². The molecule has 1 aromatic rings. The van der Waals surface area contributed by atoms with Crippen molar-refractivity contribution >= 4 is 17.8 Å². The minimum absolute atomic E-state index is 0.0352. The molecule has 0 saturated carbocycles. The number of hydrogen-bond acceptors (Lipinski definition) is 3. The van der Waals surface area contributed by atoms with Gasteiger partial charge < -0.3 is 9.94 Å². The fraction of sp³-hybridized carbons (Fsp3) is 0.125. The fourth-order valence-corrected chi connectivity index (χ4v) is 1.04. The van der Waals surface area contributed by atoms with Crippen molar-refractivity contribution in [3.8, 4) is 5.75 Å². The quantitative estimate of drug-likeness (QED) is 0.455. The molecule has 0 amide bonds. The second kappa shape index (κ2) is 4.09. The third-order valence-electron chi connectivity index (χ3n) is 1.47. The molecule has 0 saturated heterocycles. The van der Waals surface area contributed by atoms with Crippen molar-refractivity contribution in [3.63, 3.8) is 0 Å². The van der Waals surface area contributed by atoms with Gasteiger partial charge >= 0.3 is 0 Å². The molecule has 0 aliphatic rings. The average Bonchev–Trinajstić information content (AvgIpc) is 2.11. The lowest BCUT2D eigenvalue weighted by molar-refractivity contribution is 0.321. The highest BCUT2D eigenvalue weighted by atomic mass is 35.5. The van der Waals surface area contributed by atoms with Crippen molar-refractivity contribution in [1.82, 2.24) is 0 Å². The number of oxime groups is 1.